The Morgan fingerprint density at radius 2 is 2.15 bits per heavy atom. The van der Waals surface area contributed by atoms with Gasteiger partial charge in [-0.25, -0.2) is 4.98 Å². The van der Waals surface area contributed by atoms with E-state index in [1.165, 1.54) is 6.42 Å². The molecule has 2 atom stereocenters. The molecule has 1 saturated carbocycles. The quantitative estimate of drug-likeness (QED) is 0.472. The second-order valence-corrected chi connectivity index (χ2v) is 6.26. The maximum atomic E-state index is 5.73. The van der Waals surface area contributed by atoms with Gasteiger partial charge >= 0.3 is 0 Å². The molecule has 6 heteroatoms. The Kier molecular flexibility index (Phi) is 5.85. The van der Waals surface area contributed by atoms with Crippen molar-refractivity contribution in [3.63, 3.8) is 0 Å². The maximum Gasteiger partial charge on any atom is 0.213 e. The zero-order chi connectivity index (χ0) is 14.0. The first-order chi connectivity index (χ1) is 8.90. The molecule has 1 fully saturated rings. The van der Waals surface area contributed by atoms with Crippen LogP contribution >= 0.6 is 24.0 Å². The van der Waals surface area contributed by atoms with Crippen LogP contribution in [-0.2, 0) is 12.0 Å². The SMILES string of the molecule is CN=C(NCc1ncc(C(C)(C)C)o1)NC1CC1C.I. The molecule has 0 aromatic carbocycles. The molecule has 2 rings (SSSR count). The molecule has 2 unspecified atom stereocenters. The molecule has 5 nitrogen and oxygen atoms in total. The van der Waals surface area contributed by atoms with Gasteiger partial charge in [-0.2, -0.15) is 0 Å². The van der Waals surface area contributed by atoms with E-state index in [4.69, 9.17) is 4.42 Å². The normalized spacial score (nSPS) is 22.1. The van der Waals surface area contributed by atoms with Crippen molar-refractivity contribution in [1.82, 2.24) is 15.6 Å². The molecule has 1 aliphatic rings. The zero-order valence-corrected chi connectivity index (χ0v) is 15.2. The molecule has 2 N–H and O–H groups in total. The molecule has 0 radical (unpaired) electrons. The van der Waals surface area contributed by atoms with Crippen LogP contribution in [0.15, 0.2) is 15.6 Å². The summed E-state index contributed by atoms with van der Waals surface area (Å²) in [4.78, 5) is 8.48. The highest BCUT2D eigenvalue weighted by Gasteiger charge is 2.33. The standard InChI is InChI=1S/C14H24N4O.HI/c1-9-6-10(9)18-13(15-5)17-8-12-16-7-11(19-12)14(2,3)4;/h7,9-10H,6,8H2,1-5H3,(H2,15,17,18);1H. The number of aliphatic imine (C=N–C) groups is 1. The fourth-order valence-corrected chi connectivity index (χ4v) is 1.79. The van der Waals surface area contributed by atoms with Gasteiger partial charge in [-0.3, -0.25) is 4.99 Å². The van der Waals surface area contributed by atoms with Gasteiger partial charge in [0, 0.05) is 18.5 Å². The summed E-state index contributed by atoms with van der Waals surface area (Å²) in [6.45, 7) is 9.12. The van der Waals surface area contributed by atoms with E-state index >= 15 is 0 Å². The largest absolute Gasteiger partial charge is 0.443 e. The molecule has 1 aromatic rings. The number of hydrogen-bond acceptors (Lipinski definition) is 3. The van der Waals surface area contributed by atoms with E-state index < -0.39 is 0 Å². The van der Waals surface area contributed by atoms with Crippen LogP contribution in [0.4, 0.5) is 0 Å². The third-order valence-electron chi connectivity index (χ3n) is 3.36. The summed E-state index contributed by atoms with van der Waals surface area (Å²) in [5.41, 5.74) is -0.00534. The second-order valence-electron chi connectivity index (χ2n) is 6.26. The number of halogens is 1. The van der Waals surface area contributed by atoms with Crippen LogP contribution < -0.4 is 10.6 Å². The molecule has 1 heterocycles. The van der Waals surface area contributed by atoms with E-state index in [2.05, 4.69) is 48.3 Å². The van der Waals surface area contributed by atoms with E-state index in [1.54, 1.807) is 13.2 Å². The number of guanidine groups is 1. The average molecular weight is 392 g/mol. The molecule has 114 valence electrons. The van der Waals surface area contributed by atoms with Crippen molar-refractivity contribution in [1.29, 1.82) is 0 Å². The summed E-state index contributed by atoms with van der Waals surface area (Å²) in [6.07, 6.45) is 3.02. The second kappa shape index (κ2) is 6.78. The van der Waals surface area contributed by atoms with Crippen molar-refractivity contribution in [2.45, 2.75) is 52.1 Å². The van der Waals surface area contributed by atoms with Crippen molar-refractivity contribution in [3.8, 4) is 0 Å². The van der Waals surface area contributed by atoms with E-state index in [1.807, 2.05) is 0 Å². The van der Waals surface area contributed by atoms with Crippen molar-refractivity contribution < 1.29 is 4.42 Å². The van der Waals surface area contributed by atoms with Gasteiger partial charge in [0.05, 0.1) is 12.7 Å². The number of aromatic nitrogens is 1. The van der Waals surface area contributed by atoms with Crippen LogP contribution in [0, 0.1) is 5.92 Å². The summed E-state index contributed by atoms with van der Waals surface area (Å²) in [6, 6.07) is 0.556. The lowest BCUT2D eigenvalue weighted by Gasteiger charge is -2.13. The summed E-state index contributed by atoms with van der Waals surface area (Å²) in [5, 5.41) is 6.59. The lowest BCUT2D eigenvalue weighted by Crippen LogP contribution is -2.38. The van der Waals surface area contributed by atoms with Crippen molar-refractivity contribution in [2.24, 2.45) is 10.9 Å². The minimum Gasteiger partial charge on any atom is -0.443 e. The van der Waals surface area contributed by atoms with Crippen LogP contribution in [0.5, 0.6) is 0 Å². The highest BCUT2D eigenvalue weighted by Crippen LogP contribution is 2.28. The summed E-state index contributed by atoms with van der Waals surface area (Å²) < 4.78 is 5.73. The van der Waals surface area contributed by atoms with Crippen LogP contribution in [0.25, 0.3) is 0 Å². The highest BCUT2D eigenvalue weighted by molar-refractivity contribution is 14.0. The Morgan fingerprint density at radius 3 is 2.60 bits per heavy atom. The molecule has 0 bridgehead atoms. The van der Waals surface area contributed by atoms with Gasteiger partial charge in [0.1, 0.15) is 5.76 Å². The molecule has 1 aliphatic carbocycles. The van der Waals surface area contributed by atoms with Crippen LogP contribution in [-0.4, -0.2) is 24.0 Å². The van der Waals surface area contributed by atoms with E-state index in [-0.39, 0.29) is 29.4 Å². The van der Waals surface area contributed by atoms with Gasteiger partial charge in [-0.1, -0.05) is 27.7 Å². The number of nitrogens with zero attached hydrogens (tertiary/aromatic N) is 2. The Labute approximate surface area is 138 Å². The van der Waals surface area contributed by atoms with E-state index in [0.29, 0.717) is 18.5 Å². The molecule has 0 saturated heterocycles. The predicted octanol–water partition coefficient (Wildman–Crippen LogP) is 2.66. The van der Waals surface area contributed by atoms with Gasteiger partial charge < -0.3 is 15.1 Å². The molecule has 0 aliphatic heterocycles. The lowest BCUT2D eigenvalue weighted by molar-refractivity contribution is 0.379. The van der Waals surface area contributed by atoms with Gasteiger partial charge in [0.15, 0.2) is 5.96 Å². The average Bonchev–Trinajstić information content (AvgIpc) is 2.83. The van der Waals surface area contributed by atoms with Crippen molar-refractivity contribution in [2.75, 3.05) is 7.05 Å². The number of oxazole rings is 1. The minimum atomic E-state index is -0.00534. The van der Waals surface area contributed by atoms with Crippen molar-refractivity contribution >= 4 is 29.9 Å². The summed E-state index contributed by atoms with van der Waals surface area (Å²) in [7, 11) is 1.78. The number of hydrogen-bond donors (Lipinski definition) is 2. The molecule has 0 spiro atoms. The highest BCUT2D eigenvalue weighted by atomic mass is 127. The monoisotopic (exact) mass is 392 g/mol. The first-order valence-corrected chi connectivity index (χ1v) is 6.82. The molecular weight excluding hydrogens is 367 g/mol. The third kappa shape index (κ3) is 4.64. The predicted molar refractivity (Wildman–Crippen MR) is 91.5 cm³/mol. The Bertz CT molecular complexity index is 464. The van der Waals surface area contributed by atoms with Crippen LogP contribution in [0.3, 0.4) is 0 Å². The lowest BCUT2D eigenvalue weighted by atomic mass is 9.94. The third-order valence-corrected chi connectivity index (χ3v) is 3.36. The number of rotatable bonds is 3. The van der Waals surface area contributed by atoms with Gasteiger partial charge in [0.25, 0.3) is 0 Å². The van der Waals surface area contributed by atoms with Crippen LogP contribution in [0.1, 0.15) is 45.8 Å². The number of nitrogens with one attached hydrogen (secondary N) is 2. The Morgan fingerprint density at radius 1 is 1.50 bits per heavy atom. The first-order valence-electron chi connectivity index (χ1n) is 6.82. The molecular formula is C14H25IN4O. The molecule has 20 heavy (non-hydrogen) atoms. The smallest absolute Gasteiger partial charge is 0.213 e. The van der Waals surface area contributed by atoms with Crippen LogP contribution in [0.2, 0.25) is 0 Å². The minimum absolute atomic E-state index is 0. The summed E-state index contributed by atoms with van der Waals surface area (Å²) >= 11 is 0. The topological polar surface area (TPSA) is 62.5 Å². The van der Waals surface area contributed by atoms with E-state index in [9.17, 15) is 0 Å². The Hall–Kier alpha value is -0.790. The van der Waals surface area contributed by atoms with Gasteiger partial charge in [-0.05, 0) is 12.3 Å². The molecule has 0 amide bonds. The fraction of sp³-hybridized carbons (Fsp3) is 0.714. The van der Waals surface area contributed by atoms with Crippen molar-refractivity contribution in [3.05, 3.63) is 17.8 Å². The van der Waals surface area contributed by atoms with E-state index in [0.717, 1.165) is 17.6 Å². The zero-order valence-electron chi connectivity index (χ0n) is 12.9. The summed E-state index contributed by atoms with van der Waals surface area (Å²) in [5.74, 6) is 3.15. The molecule has 1 aromatic heterocycles. The van der Waals surface area contributed by atoms with Gasteiger partial charge in [-0.15, -0.1) is 24.0 Å². The maximum absolute atomic E-state index is 5.73. The van der Waals surface area contributed by atoms with Gasteiger partial charge in [0.2, 0.25) is 5.89 Å². The Balaban J connectivity index is 0.00000200. The fourth-order valence-electron chi connectivity index (χ4n) is 1.79. The first kappa shape index (κ1) is 17.3.